The number of halogens is 2. The van der Waals surface area contributed by atoms with E-state index >= 15 is 0 Å². The Morgan fingerprint density at radius 3 is 2.21 bits per heavy atom. The van der Waals surface area contributed by atoms with Crippen molar-refractivity contribution in [3.63, 3.8) is 0 Å². The third-order valence-electron chi connectivity index (χ3n) is 5.48. The number of hydrogen-bond donors (Lipinski definition) is 1. The largest absolute Gasteiger partial charge is 0.497 e. The summed E-state index contributed by atoms with van der Waals surface area (Å²) in [6.07, 6.45) is 4.32. The standard InChI is InChI=1S/C23H33BrFNO2S/c1-22(2,3)29(6,7)28-16-23(4,20-14-18(24)10-13-21(20)25)26-15-17-8-11-19(27-5)12-9-17/h8-14,26H,15-16H2,1-7H3. The average Bonchev–Trinajstić information content (AvgIpc) is 2.66. The van der Waals surface area contributed by atoms with E-state index in [2.05, 4.69) is 54.5 Å². The van der Waals surface area contributed by atoms with Crippen molar-refractivity contribution in [2.24, 2.45) is 0 Å². The molecule has 162 valence electrons. The Labute approximate surface area is 185 Å². The molecular weight excluding hydrogens is 453 g/mol. The molecule has 0 bridgehead atoms. The van der Waals surface area contributed by atoms with Gasteiger partial charge in [0.1, 0.15) is 11.6 Å². The van der Waals surface area contributed by atoms with E-state index in [-0.39, 0.29) is 10.6 Å². The van der Waals surface area contributed by atoms with Crippen LogP contribution in [0.15, 0.2) is 46.9 Å². The Morgan fingerprint density at radius 2 is 1.66 bits per heavy atom. The summed E-state index contributed by atoms with van der Waals surface area (Å²) in [5.41, 5.74) is 0.989. The van der Waals surface area contributed by atoms with Crippen molar-refractivity contribution in [2.75, 3.05) is 26.2 Å². The highest BCUT2D eigenvalue weighted by atomic mass is 79.9. The molecule has 0 amide bonds. The molecule has 0 saturated heterocycles. The van der Waals surface area contributed by atoms with Crippen molar-refractivity contribution in [3.8, 4) is 5.75 Å². The Morgan fingerprint density at radius 1 is 1.03 bits per heavy atom. The van der Waals surface area contributed by atoms with E-state index in [1.54, 1.807) is 13.2 Å². The number of ether oxygens (including phenoxy) is 1. The summed E-state index contributed by atoms with van der Waals surface area (Å²) in [6, 6.07) is 12.9. The fourth-order valence-corrected chi connectivity index (χ4v) is 3.87. The van der Waals surface area contributed by atoms with Crippen LogP contribution in [-0.2, 0) is 16.3 Å². The van der Waals surface area contributed by atoms with E-state index in [0.29, 0.717) is 18.7 Å². The number of benzene rings is 2. The lowest BCUT2D eigenvalue weighted by atomic mass is 9.92. The van der Waals surface area contributed by atoms with E-state index in [1.807, 2.05) is 37.3 Å². The third-order valence-corrected chi connectivity index (χ3v) is 9.63. The molecular formula is C23H33BrFNO2S. The smallest absolute Gasteiger partial charge is 0.128 e. The van der Waals surface area contributed by atoms with Gasteiger partial charge in [0.25, 0.3) is 0 Å². The molecule has 1 unspecified atom stereocenters. The molecule has 2 aromatic carbocycles. The van der Waals surface area contributed by atoms with Crippen LogP contribution in [0.4, 0.5) is 4.39 Å². The van der Waals surface area contributed by atoms with Crippen LogP contribution in [-0.4, -0.2) is 31.0 Å². The topological polar surface area (TPSA) is 30.5 Å². The van der Waals surface area contributed by atoms with E-state index in [4.69, 9.17) is 8.92 Å². The van der Waals surface area contributed by atoms with Crippen LogP contribution >= 0.6 is 26.2 Å². The maximum absolute atomic E-state index is 14.8. The molecule has 29 heavy (non-hydrogen) atoms. The maximum atomic E-state index is 14.8. The van der Waals surface area contributed by atoms with Crippen LogP contribution < -0.4 is 10.1 Å². The summed E-state index contributed by atoms with van der Waals surface area (Å²) in [5, 5.41) is 3.54. The number of hydrogen-bond acceptors (Lipinski definition) is 3. The normalized spacial score (nSPS) is 15.1. The first kappa shape index (κ1) is 24.2. The lowest BCUT2D eigenvalue weighted by molar-refractivity contribution is 0.204. The highest BCUT2D eigenvalue weighted by molar-refractivity contribution is 9.10. The molecule has 0 spiro atoms. The molecule has 2 aromatic rings. The fraction of sp³-hybridized carbons (Fsp3) is 0.478. The van der Waals surface area contributed by atoms with E-state index < -0.39 is 15.8 Å². The Hall–Kier alpha value is -1.08. The summed E-state index contributed by atoms with van der Waals surface area (Å²) >= 11 is 3.48. The van der Waals surface area contributed by atoms with Crippen molar-refractivity contribution in [1.29, 1.82) is 0 Å². The van der Waals surface area contributed by atoms with Gasteiger partial charge in [0.15, 0.2) is 0 Å². The van der Waals surface area contributed by atoms with E-state index in [9.17, 15) is 4.39 Å². The molecule has 2 rings (SSSR count). The molecule has 0 heterocycles. The molecule has 0 fully saturated rings. The SMILES string of the molecule is COc1ccc(CNC(C)(COS(C)(C)C(C)(C)C)c2cc(Br)ccc2F)cc1. The zero-order valence-electron chi connectivity index (χ0n) is 18.4. The summed E-state index contributed by atoms with van der Waals surface area (Å²) in [7, 11) is 0.305. The lowest BCUT2D eigenvalue weighted by Crippen LogP contribution is -2.45. The third kappa shape index (κ3) is 6.20. The van der Waals surface area contributed by atoms with E-state index in [0.717, 1.165) is 15.8 Å². The van der Waals surface area contributed by atoms with Gasteiger partial charge in [-0.1, -0.05) is 48.8 Å². The highest BCUT2D eigenvalue weighted by Crippen LogP contribution is 2.54. The Kier molecular flexibility index (Phi) is 7.82. The summed E-state index contributed by atoms with van der Waals surface area (Å²) in [6.45, 7) is 9.51. The summed E-state index contributed by atoms with van der Waals surface area (Å²) in [4.78, 5) is 0. The molecule has 1 N–H and O–H groups in total. The molecule has 1 atom stereocenters. The monoisotopic (exact) mass is 485 g/mol. The first-order valence-corrected chi connectivity index (χ1v) is 12.8. The molecule has 3 nitrogen and oxygen atoms in total. The summed E-state index contributed by atoms with van der Waals surface area (Å²) < 4.78 is 27.4. The number of methoxy groups -OCH3 is 1. The minimum Gasteiger partial charge on any atom is -0.497 e. The van der Waals surface area contributed by atoms with Gasteiger partial charge in [-0.3, -0.25) is 0 Å². The molecule has 0 aliphatic carbocycles. The van der Waals surface area contributed by atoms with Gasteiger partial charge in [0, 0.05) is 21.3 Å². The van der Waals surface area contributed by atoms with Crippen molar-refractivity contribution in [2.45, 2.75) is 44.5 Å². The zero-order valence-corrected chi connectivity index (χ0v) is 20.8. The molecule has 0 aliphatic heterocycles. The predicted octanol–water partition coefficient (Wildman–Crippen LogP) is 6.40. The average molecular weight is 486 g/mol. The molecule has 0 aliphatic rings. The van der Waals surface area contributed by atoms with Gasteiger partial charge in [0.2, 0.25) is 0 Å². The first-order valence-electron chi connectivity index (χ1n) is 9.59. The van der Waals surface area contributed by atoms with Crippen molar-refractivity contribution < 1.29 is 13.3 Å². The van der Waals surface area contributed by atoms with Gasteiger partial charge in [-0.05, 0) is 55.3 Å². The fourth-order valence-electron chi connectivity index (χ4n) is 2.63. The van der Waals surface area contributed by atoms with Gasteiger partial charge in [-0.2, -0.15) is 0 Å². The second kappa shape index (κ2) is 9.38. The van der Waals surface area contributed by atoms with Crippen molar-refractivity contribution in [3.05, 3.63) is 63.9 Å². The Balaban J connectivity index is 2.30. The van der Waals surface area contributed by atoms with Crippen LogP contribution in [0, 0.1) is 5.82 Å². The second-order valence-electron chi connectivity index (χ2n) is 8.77. The summed E-state index contributed by atoms with van der Waals surface area (Å²) in [5.74, 6) is 0.568. The molecule has 0 saturated carbocycles. The van der Waals surface area contributed by atoms with Crippen LogP contribution in [0.25, 0.3) is 0 Å². The van der Waals surface area contributed by atoms with Gasteiger partial charge >= 0.3 is 0 Å². The van der Waals surface area contributed by atoms with Crippen molar-refractivity contribution >= 4 is 26.2 Å². The lowest BCUT2D eigenvalue weighted by Gasteiger charge is -2.46. The minimum atomic E-state index is -1.34. The quantitative estimate of drug-likeness (QED) is 0.469. The minimum absolute atomic E-state index is 0.0275. The predicted molar refractivity (Wildman–Crippen MR) is 126 cm³/mol. The van der Waals surface area contributed by atoms with Gasteiger partial charge in [-0.15, -0.1) is 10.3 Å². The zero-order chi connectivity index (χ0) is 21.9. The molecule has 0 radical (unpaired) electrons. The molecule has 6 heteroatoms. The highest BCUT2D eigenvalue weighted by Gasteiger charge is 2.35. The van der Waals surface area contributed by atoms with Gasteiger partial charge in [0.05, 0.1) is 19.3 Å². The van der Waals surface area contributed by atoms with Gasteiger partial charge < -0.3 is 14.2 Å². The second-order valence-corrected chi connectivity index (χ2v) is 13.6. The van der Waals surface area contributed by atoms with Crippen LogP contribution in [0.5, 0.6) is 5.75 Å². The maximum Gasteiger partial charge on any atom is 0.128 e. The molecule has 0 aromatic heterocycles. The van der Waals surface area contributed by atoms with Crippen LogP contribution in [0.2, 0.25) is 0 Å². The Bertz CT molecular complexity index is 821. The van der Waals surface area contributed by atoms with E-state index in [1.165, 1.54) is 6.07 Å². The van der Waals surface area contributed by atoms with Crippen LogP contribution in [0.3, 0.4) is 0 Å². The number of rotatable bonds is 8. The number of nitrogens with one attached hydrogen (secondary N) is 1. The van der Waals surface area contributed by atoms with Gasteiger partial charge in [-0.25, -0.2) is 4.39 Å². The van der Waals surface area contributed by atoms with Crippen molar-refractivity contribution in [1.82, 2.24) is 5.32 Å². The van der Waals surface area contributed by atoms with Crippen LogP contribution in [0.1, 0.15) is 38.8 Å². The first-order chi connectivity index (χ1) is 13.4.